The predicted molar refractivity (Wildman–Crippen MR) is 78.9 cm³/mol. The summed E-state index contributed by atoms with van der Waals surface area (Å²) >= 11 is 0. The van der Waals surface area contributed by atoms with E-state index in [2.05, 4.69) is 24.4 Å². The Kier molecular flexibility index (Phi) is 3.76. The lowest BCUT2D eigenvalue weighted by Crippen LogP contribution is -2.47. The molecule has 4 nitrogen and oxygen atoms in total. The number of anilines is 1. The molecule has 3 atom stereocenters. The van der Waals surface area contributed by atoms with E-state index in [1.165, 1.54) is 5.56 Å². The van der Waals surface area contributed by atoms with Crippen molar-refractivity contribution in [1.29, 1.82) is 0 Å². The first-order chi connectivity index (χ1) is 9.69. The van der Waals surface area contributed by atoms with Crippen LogP contribution >= 0.6 is 0 Å². The van der Waals surface area contributed by atoms with Gasteiger partial charge < -0.3 is 15.0 Å². The minimum Gasteiger partial charge on any atom is -0.380 e. The summed E-state index contributed by atoms with van der Waals surface area (Å²) in [6.45, 7) is 3.78. The van der Waals surface area contributed by atoms with Crippen LogP contribution in [0.3, 0.4) is 0 Å². The molecule has 0 radical (unpaired) electrons. The van der Waals surface area contributed by atoms with E-state index in [0.29, 0.717) is 5.92 Å². The number of rotatable bonds is 2. The van der Waals surface area contributed by atoms with Gasteiger partial charge in [-0.2, -0.15) is 0 Å². The highest BCUT2D eigenvalue weighted by molar-refractivity contribution is 5.98. The average Bonchev–Trinajstić information content (AvgIpc) is 2.94. The van der Waals surface area contributed by atoms with E-state index in [4.69, 9.17) is 4.74 Å². The number of hydrogen-bond donors (Lipinski definition) is 1. The lowest BCUT2D eigenvalue weighted by molar-refractivity contribution is -0.120. The van der Waals surface area contributed by atoms with Crippen LogP contribution in [0.25, 0.3) is 0 Å². The smallest absolute Gasteiger partial charge is 0.244 e. The van der Waals surface area contributed by atoms with Crippen molar-refractivity contribution in [3.05, 3.63) is 29.8 Å². The molecule has 0 aliphatic carbocycles. The average molecular weight is 274 g/mol. The lowest BCUT2D eigenvalue weighted by Gasteiger charge is -2.34. The zero-order valence-electron chi connectivity index (χ0n) is 12.1. The van der Waals surface area contributed by atoms with E-state index in [9.17, 15) is 4.79 Å². The number of carbonyl (C=O) groups is 1. The Morgan fingerprint density at radius 2 is 2.20 bits per heavy atom. The van der Waals surface area contributed by atoms with Crippen molar-refractivity contribution in [1.82, 2.24) is 5.32 Å². The number of fused-ring (bicyclic) bond motifs is 1. The number of hydrogen-bond acceptors (Lipinski definition) is 3. The second-order valence-electron chi connectivity index (χ2n) is 5.94. The Labute approximate surface area is 120 Å². The van der Waals surface area contributed by atoms with Crippen molar-refractivity contribution in [3.63, 3.8) is 0 Å². The molecular formula is C16H22N2O2. The number of benzene rings is 1. The standard InChI is InChI=1S/C16H22N2O2/c1-11-7-12-5-3-4-6-15(12)18(10-11)16(19)14-8-13(20-2)9-17-14/h3-6,11,13-14,17H,7-10H2,1-2H3. The maximum absolute atomic E-state index is 12.8. The molecule has 20 heavy (non-hydrogen) atoms. The van der Waals surface area contributed by atoms with Crippen LogP contribution in [0.15, 0.2) is 24.3 Å². The van der Waals surface area contributed by atoms with Crippen LogP contribution in [0.1, 0.15) is 18.9 Å². The molecule has 1 amide bonds. The van der Waals surface area contributed by atoms with Gasteiger partial charge in [-0.15, -0.1) is 0 Å². The fourth-order valence-electron chi connectivity index (χ4n) is 3.26. The number of carbonyl (C=O) groups excluding carboxylic acids is 1. The molecule has 2 heterocycles. The monoisotopic (exact) mass is 274 g/mol. The van der Waals surface area contributed by atoms with Crippen molar-refractivity contribution in [2.24, 2.45) is 5.92 Å². The highest BCUT2D eigenvalue weighted by atomic mass is 16.5. The highest BCUT2D eigenvalue weighted by Gasteiger charge is 2.35. The van der Waals surface area contributed by atoms with Crippen LogP contribution in [-0.2, 0) is 16.0 Å². The molecule has 0 saturated carbocycles. The summed E-state index contributed by atoms with van der Waals surface area (Å²) in [7, 11) is 1.71. The predicted octanol–water partition coefficient (Wildman–Crippen LogP) is 1.59. The third kappa shape index (κ3) is 2.45. The molecule has 3 unspecified atom stereocenters. The van der Waals surface area contributed by atoms with E-state index in [-0.39, 0.29) is 18.1 Å². The number of para-hydroxylation sites is 1. The third-order valence-electron chi connectivity index (χ3n) is 4.33. The van der Waals surface area contributed by atoms with E-state index in [1.807, 2.05) is 17.0 Å². The van der Waals surface area contributed by atoms with Crippen molar-refractivity contribution < 1.29 is 9.53 Å². The molecule has 1 aromatic carbocycles. The van der Waals surface area contributed by atoms with Crippen LogP contribution in [0.2, 0.25) is 0 Å². The third-order valence-corrected chi connectivity index (χ3v) is 4.33. The summed E-state index contributed by atoms with van der Waals surface area (Å²) in [5.74, 6) is 0.692. The Morgan fingerprint density at radius 3 is 2.95 bits per heavy atom. The molecule has 2 aliphatic heterocycles. The maximum atomic E-state index is 12.8. The van der Waals surface area contributed by atoms with Crippen molar-refractivity contribution >= 4 is 11.6 Å². The summed E-state index contributed by atoms with van der Waals surface area (Å²) in [6, 6.07) is 8.13. The van der Waals surface area contributed by atoms with Crippen LogP contribution in [0.5, 0.6) is 0 Å². The summed E-state index contributed by atoms with van der Waals surface area (Å²) < 4.78 is 5.34. The number of ether oxygens (including phenoxy) is 1. The molecule has 1 N–H and O–H groups in total. The molecule has 1 aromatic rings. The first-order valence-corrected chi connectivity index (χ1v) is 7.34. The highest BCUT2D eigenvalue weighted by Crippen LogP contribution is 2.30. The minimum absolute atomic E-state index is 0.113. The zero-order chi connectivity index (χ0) is 14.1. The van der Waals surface area contributed by atoms with Gasteiger partial charge in [0.25, 0.3) is 0 Å². The van der Waals surface area contributed by atoms with Gasteiger partial charge in [-0.05, 0) is 30.4 Å². The summed E-state index contributed by atoms with van der Waals surface area (Å²) in [5, 5.41) is 3.28. The van der Waals surface area contributed by atoms with Gasteiger partial charge in [0.1, 0.15) is 0 Å². The quantitative estimate of drug-likeness (QED) is 0.890. The number of nitrogens with zero attached hydrogens (tertiary/aromatic N) is 1. The second kappa shape index (κ2) is 5.54. The summed E-state index contributed by atoms with van der Waals surface area (Å²) in [6.07, 6.45) is 1.97. The van der Waals surface area contributed by atoms with Gasteiger partial charge in [0.2, 0.25) is 5.91 Å². The molecule has 108 valence electrons. The molecule has 2 aliphatic rings. The first kappa shape index (κ1) is 13.6. The van der Waals surface area contributed by atoms with Gasteiger partial charge >= 0.3 is 0 Å². The van der Waals surface area contributed by atoms with Crippen LogP contribution in [0, 0.1) is 5.92 Å². The Morgan fingerprint density at radius 1 is 1.40 bits per heavy atom. The van der Waals surface area contributed by atoms with E-state index >= 15 is 0 Å². The van der Waals surface area contributed by atoms with Crippen molar-refractivity contribution in [2.45, 2.75) is 31.9 Å². The van der Waals surface area contributed by atoms with E-state index < -0.39 is 0 Å². The van der Waals surface area contributed by atoms with E-state index in [1.54, 1.807) is 7.11 Å². The van der Waals surface area contributed by atoms with Crippen LogP contribution in [0.4, 0.5) is 5.69 Å². The largest absolute Gasteiger partial charge is 0.380 e. The van der Waals surface area contributed by atoms with Crippen LogP contribution in [-0.4, -0.2) is 38.3 Å². The van der Waals surface area contributed by atoms with Gasteiger partial charge in [-0.3, -0.25) is 4.79 Å². The minimum atomic E-state index is -0.113. The lowest BCUT2D eigenvalue weighted by atomic mass is 9.93. The van der Waals surface area contributed by atoms with Crippen molar-refractivity contribution in [3.8, 4) is 0 Å². The summed E-state index contributed by atoms with van der Waals surface area (Å²) in [4.78, 5) is 14.7. The Bertz CT molecular complexity index is 503. The molecule has 0 bridgehead atoms. The normalized spacial score (nSPS) is 29.3. The molecule has 1 fully saturated rings. The topological polar surface area (TPSA) is 41.6 Å². The fourth-order valence-corrected chi connectivity index (χ4v) is 3.26. The fraction of sp³-hybridized carbons (Fsp3) is 0.562. The van der Waals surface area contributed by atoms with Gasteiger partial charge in [0.05, 0.1) is 12.1 Å². The molecule has 0 aromatic heterocycles. The summed E-state index contributed by atoms with van der Waals surface area (Å²) in [5.41, 5.74) is 2.36. The second-order valence-corrected chi connectivity index (χ2v) is 5.94. The van der Waals surface area contributed by atoms with Crippen molar-refractivity contribution in [2.75, 3.05) is 25.1 Å². The SMILES string of the molecule is COC1CNC(C(=O)N2CC(C)Cc3ccccc32)C1. The van der Waals surface area contributed by atoms with Gasteiger partial charge in [0.15, 0.2) is 0 Å². The molecule has 3 rings (SSSR count). The molecule has 1 saturated heterocycles. The molecule has 4 heteroatoms. The Balaban J connectivity index is 1.81. The van der Waals surface area contributed by atoms with E-state index in [0.717, 1.165) is 31.6 Å². The molecule has 0 spiro atoms. The van der Waals surface area contributed by atoms with Gasteiger partial charge in [0, 0.05) is 25.9 Å². The number of methoxy groups -OCH3 is 1. The van der Waals surface area contributed by atoms with Gasteiger partial charge in [-0.1, -0.05) is 25.1 Å². The van der Waals surface area contributed by atoms with Crippen LogP contribution < -0.4 is 10.2 Å². The van der Waals surface area contributed by atoms with Gasteiger partial charge in [-0.25, -0.2) is 0 Å². The Hall–Kier alpha value is -1.39. The first-order valence-electron chi connectivity index (χ1n) is 7.34. The number of nitrogens with one attached hydrogen (secondary N) is 1. The molecular weight excluding hydrogens is 252 g/mol. The maximum Gasteiger partial charge on any atom is 0.244 e. The number of amides is 1. The zero-order valence-corrected chi connectivity index (χ0v) is 12.1.